The van der Waals surface area contributed by atoms with Crippen LogP contribution in [0, 0.1) is 0 Å². The summed E-state index contributed by atoms with van der Waals surface area (Å²) in [5.41, 5.74) is 2.46. The lowest BCUT2D eigenvalue weighted by Gasteiger charge is -2.38. The van der Waals surface area contributed by atoms with Gasteiger partial charge in [0.25, 0.3) is 0 Å². The van der Waals surface area contributed by atoms with E-state index in [-0.39, 0.29) is 0 Å². The number of aryl methyl sites for hydroxylation is 1. The SMILES string of the molecule is CCc1ccccc1NC(=S)N1CCC(N(C)C[C@H]2CCCO2)CC1. The summed E-state index contributed by atoms with van der Waals surface area (Å²) in [6.07, 6.45) is 6.23. The van der Waals surface area contributed by atoms with Crippen molar-refractivity contribution in [1.29, 1.82) is 0 Å². The van der Waals surface area contributed by atoms with Crippen LogP contribution in [0.3, 0.4) is 0 Å². The van der Waals surface area contributed by atoms with Crippen molar-refractivity contribution in [1.82, 2.24) is 9.80 Å². The van der Waals surface area contributed by atoms with Gasteiger partial charge in [-0.25, -0.2) is 0 Å². The smallest absolute Gasteiger partial charge is 0.173 e. The van der Waals surface area contributed by atoms with Gasteiger partial charge in [-0.05, 0) is 63.0 Å². The van der Waals surface area contributed by atoms with Crippen LogP contribution in [-0.2, 0) is 11.2 Å². The Bertz CT molecular complexity index is 566. The number of para-hydroxylation sites is 1. The van der Waals surface area contributed by atoms with Crippen molar-refractivity contribution >= 4 is 23.0 Å². The first-order valence-electron chi connectivity index (χ1n) is 9.63. The summed E-state index contributed by atoms with van der Waals surface area (Å²) >= 11 is 5.66. The van der Waals surface area contributed by atoms with Crippen molar-refractivity contribution in [2.75, 3.05) is 38.6 Å². The molecule has 0 bridgehead atoms. The Kier molecular flexibility index (Phi) is 6.68. The molecule has 2 aliphatic heterocycles. The maximum atomic E-state index is 5.78. The third-order valence-corrected chi connectivity index (χ3v) is 5.89. The van der Waals surface area contributed by atoms with E-state index in [4.69, 9.17) is 17.0 Å². The van der Waals surface area contributed by atoms with Crippen molar-refractivity contribution in [3.8, 4) is 0 Å². The number of nitrogens with one attached hydrogen (secondary N) is 1. The molecule has 0 radical (unpaired) electrons. The molecular formula is C20H31N3OS. The molecule has 4 nitrogen and oxygen atoms in total. The number of rotatable bonds is 5. The van der Waals surface area contributed by atoms with Crippen LogP contribution >= 0.6 is 12.2 Å². The zero-order valence-corrected chi connectivity index (χ0v) is 16.4. The third-order valence-electron chi connectivity index (χ3n) is 5.53. The van der Waals surface area contributed by atoms with Crippen LogP contribution in [0.4, 0.5) is 5.69 Å². The molecule has 3 rings (SSSR count). The Balaban J connectivity index is 1.47. The lowest BCUT2D eigenvalue weighted by Crippen LogP contribution is -2.48. The maximum absolute atomic E-state index is 5.78. The lowest BCUT2D eigenvalue weighted by atomic mass is 10.0. The number of hydrogen-bond acceptors (Lipinski definition) is 3. The van der Waals surface area contributed by atoms with Crippen LogP contribution in [0.2, 0.25) is 0 Å². The Labute approximate surface area is 157 Å². The highest BCUT2D eigenvalue weighted by molar-refractivity contribution is 7.80. The van der Waals surface area contributed by atoms with E-state index in [0.717, 1.165) is 43.5 Å². The van der Waals surface area contributed by atoms with Gasteiger partial charge in [0, 0.05) is 38.0 Å². The minimum absolute atomic E-state index is 0.441. The van der Waals surface area contributed by atoms with Crippen molar-refractivity contribution in [3.63, 3.8) is 0 Å². The summed E-state index contributed by atoms with van der Waals surface area (Å²) in [6.45, 7) is 6.24. The molecule has 25 heavy (non-hydrogen) atoms. The summed E-state index contributed by atoms with van der Waals surface area (Å²) in [6, 6.07) is 9.08. The van der Waals surface area contributed by atoms with Gasteiger partial charge in [-0.1, -0.05) is 25.1 Å². The second-order valence-corrected chi connectivity index (χ2v) is 7.62. The quantitative estimate of drug-likeness (QED) is 0.810. The molecule has 0 unspecified atom stereocenters. The fraction of sp³-hybridized carbons (Fsp3) is 0.650. The Morgan fingerprint density at radius 1 is 1.28 bits per heavy atom. The van der Waals surface area contributed by atoms with Gasteiger partial charge in [-0.3, -0.25) is 0 Å². The average molecular weight is 362 g/mol. The molecule has 0 aromatic heterocycles. The predicted molar refractivity (Wildman–Crippen MR) is 108 cm³/mol. The van der Waals surface area contributed by atoms with Crippen LogP contribution in [0.15, 0.2) is 24.3 Å². The molecular weight excluding hydrogens is 330 g/mol. The molecule has 5 heteroatoms. The highest BCUT2D eigenvalue weighted by atomic mass is 32.1. The van der Waals surface area contributed by atoms with E-state index < -0.39 is 0 Å². The molecule has 1 aromatic rings. The van der Waals surface area contributed by atoms with Gasteiger partial charge in [0.05, 0.1) is 6.10 Å². The largest absolute Gasteiger partial charge is 0.377 e. The van der Waals surface area contributed by atoms with E-state index in [1.165, 1.54) is 31.2 Å². The maximum Gasteiger partial charge on any atom is 0.173 e. The monoisotopic (exact) mass is 361 g/mol. The highest BCUT2D eigenvalue weighted by Crippen LogP contribution is 2.21. The number of likely N-dealkylation sites (N-methyl/N-ethyl adjacent to an activating group) is 1. The number of thiocarbonyl (C=S) groups is 1. The minimum Gasteiger partial charge on any atom is -0.377 e. The van der Waals surface area contributed by atoms with Gasteiger partial charge in [-0.2, -0.15) is 0 Å². The lowest BCUT2D eigenvalue weighted by molar-refractivity contribution is 0.0576. The van der Waals surface area contributed by atoms with Crippen LogP contribution in [0.25, 0.3) is 0 Å². The molecule has 0 saturated carbocycles. The molecule has 2 saturated heterocycles. The molecule has 2 fully saturated rings. The molecule has 1 N–H and O–H groups in total. The van der Waals surface area contributed by atoms with Gasteiger partial charge in [-0.15, -0.1) is 0 Å². The number of nitrogens with zero attached hydrogens (tertiary/aromatic N) is 2. The summed E-state index contributed by atoms with van der Waals surface area (Å²) in [5.74, 6) is 0. The zero-order chi connectivity index (χ0) is 17.6. The number of hydrogen-bond donors (Lipinski definition) is 1. The molecule has 1 aromatic carbocycles. The first-order chi connectivity index (χ1) is 12.2. The number of benzene rings is 1. The fourth-order valence-corrected chi connectivity index (χ4v) is 4.21. The minimum atomic E-state index is 0.441. The van der Waals surface area contributed by atoms with E-state index in [2.05, 4.69) is 53.4 Å². The van der Waals surface area contributed by atoms with Crippen LogP contribution in [0.5, 0.6) is 0 Å². The first-order valence-corrected chi connectivity index (χ1v) is 10.0. The number of ether oxygens (including phenoxy) is 1. The summed E-state index contributed by atoms with van der Waals surface area (Å²) in [5, 5.41) is 4.32. The van der Waals surface area contributed by atoms with Gasteiger partial charge in [0.1, 0.15) is 0 Å². The van der Waals surface area contributed by atoms with E-state index in [0.29, 0.717) is 12.1 Å². The summed E-state index contributed by atoms with van der Waals surface area (Å²) < 4.78 is 5.78. The van der Waals surface area contributed by atoms with E-state index in [1.807, 2.05) is 0 Å². The highest BCUT2D eigenvalue weighted by Gasteiger charge is 2.26. The van der Waals surface area contributed by atoms with Crippen LogP contribution < -0.4 is 5.32 Å². The molecule has 0 amide bonds. The molecule has 1 atom stereocenters. The molecule has 0 aliphatic carbocycles. The van der Waals surface area contributed by atoms with Gasteiger partial charge < -0.3 is 19.9 Å². The second kappa shape index (κ2) is 8.97. The molecule has 0 spiro atoms. The van der Waals surface area contributed by atoms with Gasteiger partial charge in [0.15, 0.2) is 5.11 Å². The van der Waals surface area contributed by atoms with E-state index >= 15 is 0 Å². The van der Waals surface area contributed by atoms with E-state index in [1.54, 1.807) is 0 Å². The first kappa shape index (κ1) is 18.6. The third kappa shape index (κ3) is 4.93. The topological polar surface area (TPSA) is 27.7 Å². The number of likely N-dealkylation sites (tertiary alicyclic amines) is 1. The second-order valence-electron chi connectivity index (χ2n) is 7.23. The van der Waals surface area contributed by atoms with Gasteiger partial charge >= 0.3 is 0 Å². The number of piperidine rings is 1. The molecule has 138 valence electrons. The van der Waals surface area contributed by atoms with Crippen molar-refractivity contribution < 1.29 is 4.74 Å². The van der Waals surface area contributed by atoms with Crippen molar-refractivity contribution in [2.24, 2.45) is 0 Å². The molecule has 2 aliphatic rings. The zero-order valence-electron chi connectivity index (χ0n) is 15.5. The van der Waals surface area contributed by atoms with Gasteiger partial charge in [0.2, 0.25) is 0 Å². The average Bonchev–Trinajstić information content (AvgIpc) is 3.15. The summed E-state index contributed by atoms with van der Waals surface area (Å²) in [4.78, 5) is 4.81. The normalized spacial score (nSPS) is 21.7. The summed E-state index contributed by atoms with van der Waals surface area (Å²) in [7, 11) is 2.25. The number of anilines is 1. The van der Waals surface area contributed by atoms with E-state index in [9.17, 15) is 0 Å². The Hall–Kier alpha value is -1.17. The Morgan fingerprint density at radius 2 is 2.04 bits per heavy atom. The van der Waals surface area contributed by atoms with Crippen LogP contribution in [0.1, 0.15) is 38.2 Å². The van der Waals surface area contributed by atoms with Crippen LogP contribution in [-0.4, -0.2) is 60.3 Å². The predicted octanol–water partition coefficient (Wildman–Crippen LogP) is 3.52. The van der Waals surface area contributed by atoms with Crippen molar-refractivity contribution in [3.05, 3.63) is 29.8 Å². The molecule has 2 heterocycles. The standard InChI is InChI=1S/C20H31N3OS/c1-3-16-7-4-5-9-19(16)21-20(25)23-12-10-17(11-13-23)22(2)15-18-8-6-14-24-18/h4-5,7,9,17-18H,3,6,8,10-15H2,1-2H3,(H,21,25)/t18-/m1/s1. The van der Waals surface area contributed by atoms with Crippen molar-refractivity contribution in [2.45, 2.75) is 51.2 Å². The fourth-order valence-electron chi connectivity index (χ4n) is 3.91. The Morgan fingerprint density at radius 3 is 2.72 bits per heavy atom.